The lowest BCUT2D eigenvalue weighted by Crippen LogP contribution is -2.42. The van der Waals surface area contributed by atoms with Gasteiger partial charge in [-0.2, -0.15) is 0 Å². The molecule has 2 saturated heterocycles. The second-order valence-electron chi connectivity index (χ2n) is 8.79. The third kappa shape index (κ3) is 10.6. The Labute approximate surface area is 216 Å². The number of guanidine groups is 1. The Morgan fingerprint density at radius 1 is 1.15 bits per heavy atom. The summed E-state index contributed by atoms with van der Waals surface area (Å²) in [6, 6.07) is 10.6. The van der Waals surface area contributed by atoms with E-state index in [1.165, 1.54) is 5.56 Å². The van der Waals surface area contributed by atoms with Crippen LogP contribution in [0, 0.1) is 11.8 Å². The van der Waals surface area contributed by atoms with Gasteiger partial charge in [-0.25, -0.2) is 4.99 Å². The molecule has 8 heteroatoms. The van der Waals surface area contributed by atoms with Crippen molar-refractivity contribution in [3.8, 4) is 0 Å². The van der Waals surface area contributed by atoms with Gasteiger partial charge in [0.1, 0.15) is 6.54 Å². The number of carbonyl (C=O) groups excluding carboxylic acids is 1. The van der Waals surface area contributed by atoms with Gasteiger partial charge in [0.25, 0.3) is 0 Å². The monoisotopic (exact) mass is 572 g/mol. The van der Waals surface area contributed by atoms with Crippen LogP contribution in [0.25, 0.3) is 0 Å². The number of hydrogen-bond acceptors (Lipinski definition) is 4. The molecule has 1 aromatic carbocycles. The molecular formula is C25H41IN4O3. The molecule has 1 aromatic rings. The summed E-state index contributed by atoms with van der Waals surface area (Å²) in [6.07, 6.45) is 5.24. The van der Waals surface area contributed by atoms with Gasteiger partial charge in [-0.1, -0.05) is 30.3 Å². The SMILES string of the molecule is CCNC(=NCC(=O)N1CCC(Cc2ccccc2)CC1)NCCCOCC1CCOC1.I. The predicted molar refractivity (Wildman–Crippen MR) is 143 cm³/mol. The summed E-state index contributed by atoms with van der Waals surface area (Å²) in [5.74, 6) is 2.02. The Morgan fingerprint density at radius 2 is 1.94 bits per heavy atom. The van der Waals surface area contributed by atoms with Gasteiger partial charge in [0.05, 0.1) is 13.2 Å². The summed E-state index contributed by atoms with van der Waals surface area (Å²) >= 11 is 0. The number of nitrogens with one attached hydrogen (secondary N) is 2. The maximum atomic E-state index is 12.6. The number of likely N-dealkylation sites (tertiary alicyclic amines) is 1. The van der Waals surface area contributed by atoms with Gasteiger partial charge in [0.15, 0.2) is 5.96 Å². The molecule has 1 atom stereocenters. The number of amides is 1. The average Bonchev–Trinajstić information content (AvgIpc) is 3.34. The van der Waals surface area contributed by atoms with Crippen LogP contribution < -0.4 is 10.6 Å². The lowest BCUT2D eigenvalue weighted by atomic mass is 9.90. The minimum atomic E-state index is 0. The van der Waals surface area contributed by atoms with Crippen LogP contribution in [0.3, 0.4) is 0 Å². The van der Waals surface area contributed by atoms with E-state index >= 15 is 0 Å². The largest absolute Gasteiger partial charge is 0.381 e. The Balaban J connectivity index is 0.00000385. The zero-order valence-corrected chi connectivity index (χ0v) is 22.3. The highest BCUT2D eigenvalue weighted by Gasteiger charge is 2.22. The summed E-state index contributed by atoms with van der Waals surface area (Å²) in [5.41, 5.74) is 1.39. The molecule has 0 aliphatic carbocycles. The van der Waals surface area contributed by atoms with Crippen molar-refractivity contribution in [1.29, 1.82) is 0 Å². The average molecular weight is 573 g/mol. The van der Waals surface area contributed by atoms with Gasteiger partial charge in [-0.15, -0.1) is 24.0 Å². The number of aliphatic imine (C=N–C) groups is 1. The molecule has 1 amide bonds. The second kappa shape index (κ2) is 16.3. The van der Waals surface area contributed by atoms with E-state index in [9.17, 15) is 4.79 Å². The van der Waals surface area contributed by atoms with Crippen molar-refractivity contribution in [1.82, 2.24) is 15.5 Å². The van der Waals surface area contributed by atoms with Crippen molar-refractivity contribution in [3.63, 3.8) is 0 Å². The molecule has 33 heavy (non-hydrogen) atoms. The Hall–Kier alpha value is -1.39. The predicted octanol–water partition coefficient (Wildman–Crippen LogP) is 3.08. The molecule has 7 nitrogen and oxygen atoms in total. The van der Waals surface area contributed by atoms with E-state index in [0.717, 1.165) is 84.7 Å². The summed E-state index contributed by atoms with van der Waals surface area (Å²) in [7, 11) is 0. The van der Waals surface area contributed by atoms with Gasteiger partial charge >= 0.3 is 0 Å². The smallest absolute Gasteiger partial charge is 0.244 e. The topological polar surface area (TPSA) is 75.2 Å². The van der Waals surface area contributed by atoms with E-state index in [-0.39, 0.29) is 36.4 Å². The van der Waals surface area contributed by atoms with Crippen molar-refractivity contribution in [3.05, 3.63) is 35.9 Å². The highest BCUT2D eigenvalue weighted by Crippen LogP contribution is 2.21. The third-order valence-corrected chi connectivity index (χ3v) is 6.19. The molecule has 2 heterocycles. The molecule has 2 N–H and O–H groups in total. The van der Waals surface area contributed by atoms with Crippen LogP contribution in [0.2, 0.25) is 0 Å². The lowest BCUT2D eigenvalue weighted by Gasteiger charge is -2.32. The van der Waals surface area contributed by atoms with Crippen molar-refractivity contribution in [2.75, 3.05) is 59.2 Å². The van der Waals surface area contributed by atoms with Crippen molar-refractivity contribution in [2.24, 2.45) is 16.8 Å². The maximum Gasteiger partial charge on any atom is 0.244 e. The maximum absolute atomic E-state index is 12.6. The molecular weight excluding hydrogens is 531 g/mol. The highest BCUT2D eigenvalue weighted by atomic mass is 127. The second-order valence-corrected chi connectivity index (χ2v) is 8.79. The first kappa shape index (κ1) is 27.9. The van der Waals surface area contributed by atoms with E-state index in [2.05, 4.69) is 46.0 Å². The van der Waals surface area contributed by atoms with Gasteiger partial charge in [0, 0.05) is 45.3 Å². The molecule has 1 unspecified atom stereocenters. The van der Waals surface area contributed by atoms with Crippen LogP contribution in [0.1, 0.15) is 38.2 Å². The fourth-order valence-corrected chi connectivity index (χ4v) is 4.27. The van der Waals surface area contributed by atoms with Crippen LogP contribution in [-0.4, -0.2) is 75.9 Å². The first-order valence-corrected chi connectivity index (χ1v) is 12.2. The number of ether oxygens (including phenoxy) is 2. The quantitative estimate of drug-likeness (QED) is 0.185. The fourth-order valence-electron chi connectivity index (χ4n) is 4.27. The molecule has 2 fully saturated rings. The summed E-state index contributed by atoms with van der Waals surface area (Å²) in [4.78, 5) is 19.1. The van der Waals surface area contributed by atoms with Gasteiger partial charge in [0.2, 0.25) is 5.91 Å². The minimum absolute atomic E-state index is 0. The molecule has 3 rings (SSSR count). The van der Waals surface area contributed by atoms with Crippen LogP contribution >= 0.6 is 24.0 Å². The number of benzene rings is 1. The molecule has 0 bridgehead atoms. The number of piperidine rings is 1. The standard InChI is InChI=1S/C25H40N4O3.HI/c1-2-26-25(27-12-6-15-31-19-23-11-16-32-20-23)28-18-24(30)29-13-9-22(10-14-29)17-21-7-4-3-5-8-21;/h3-5,7-8,22-23H,2,6,9-20H2,1H3,(H2,26,27,28);1H. The first-order valence-electron chi connectivity index (χ1n) is 12.2. The van der Waals surface area contributed by atoms with Gasteiger partial charge < -0.3 is 25.0 Å². The van der Waals surface area contributed by atoms with Gasteiger partial charge in [-0.3, -0.25) is 4.79 Å². The molecule has 186 valence electrons. The van der Waals surface area contributed by atoms with Crippen molar-refractivity contribution < 1.29 is 14.3 Å². The number of carbonyl (C=O) groups is 1. The van der Waals surface area contributed by atoms with Crippen LogP contribution in [0.15, 0.2) is 35.3 Å². The molecule has 0 saturated carbocycles. The first-order chi connectivity index (χ1) is 15.7. The van der Waals surface area contributed by atoms with E-state index in [1.54, 1.807) is 0 Å². The zero-order chi connectivity index (χ0) is 22.4. The normalized spacial score (nSPS) is 19.2. The van der Waals surface area contributed by atoms with Crippen molar-refractivity contribution in [2.45, 2.75) is 39.0 Å². The Morgan fingerprint density at radius 3 is 2.64 bits per heavy atom. The number of nitrogens with zero attached hydrogens (tertiary/aromatic N) is 2. The van der Waals surface area contributed by atoms with E-state index < -0.39 is 0 Å². The van der Waals surface area contributed by atoms with Crippen LogP contribution in [-0.2, 0) is 20.7 Å². The number of hydrogen-bond donors (Lipinski definition) is 2. The molecule has 0 spiro atoms. The van der Waals surface area contributed by atoms with E-state index in [1.807, 2.05) is 11.8 Å². The number of halogens is 1. The van der Waals surface area contributed by atoms with E-state index in [0.29, 0.717) is 17.8 Å². The van der Waals surface area contributed by atoms with Gasteiger partial charge in [-0.05, 0) is 50.5 Å². The summed E-state index contributed by atoms with van der Waals surface area (Å²) in [5, 5.41) is 6.53. The van der Waals surface area contributed by atoms with E-state index in [4.69, 9.17) is 9.47 Å². The molecule has 2 aliphatic heterocycles. The minimum Gasteiger partial charge on any atom is -0.381 e. The highest BCUT2D eigenvalue weighted by molar-refractivity contribution is 14.0. The summed E-state index contributed by atoms with van der Waals surface area (Å²) in [6.45, 7) is 8.62. The summed E-state index contributed by atoms with van der Waals surface area (Å²) < 4.78 is 11.1. The van der Waals surface area contributed by atoms with Crippen LogP contribution in [0.5, 0.6) is 0 Å². The third-order valence-electron chi connectivity index (χ3n) is 6.19. The van der Waals surface area contributed by atoms with Crippen molar-refractivity contribution >= 4 is 35.8 Å². The zero-order valence-electron chi connectivity index (χ0n) is 20.0. The molecule has 2 aliphatic rings. The molecule has 0 radical (unpaired) electrons. The number of rotatable bonds is 11. The Kier molecular flexibility index (Phi) is 13.7. The molecule has 0 aromatic heterocycles. The fraction of sp³-hybridized carbons (Fsp3) is 0.680. The van der Waals surface area contributed by atoms with Crippen LogP contribution in [0.4, 0.5) is 0 Å². The Bertz CT molecular complexity index is 690. The lowest BCUT2D eigenvalue weighted by molar-refractivity contribution is -0.130.